The third kappa shape index (κ3) is 9.55. The molecule has 37 heavy (non-hydrogen) atoms. The van der Waals surface area contributed by atoms with Gasteiger partial charge in [0.2, 0.25) is 0 Å². The van der Waals surface area contributed by atoms with E-state index < -0.39 is 30.6 Å². The highest BCUT2D eigenvalue weighted by Crippen LogP contribution is 2.29. The van der Waals surface area contributed by atoms with Crippen LogP contribution in [0.2, 0.25) is 0 Å². The largest absolute Gasteiger partial charge is 0.469 e. The van der Waals surface area contributed by atoms with Crippen LogP contribution in [0.5, 0.6) is 0 Å². The quantitative estimate of drug-likeness (QED) is 0.259. The first kappa shape index (κ1) is 28.8. The van der Waals surface area contributed by atoms with Crippen LogP contribution in [0.4, 0.5) is 0 Å². The Labute approximate surface area is 218 Å². The molecule has 1 fully saturated rings. The summed E-state index contributed by atoms with van der Waals surface area (Å²) < 4.78 is 28.5. The maximum atomic E-state index is 12.8. The number of methoxy groups -OCH3 is 1. The minimum Gasteiger partial charge on any atom is -0.469 e. The Kier molecular flexibility index (Phi) is 12.6. The van der Waals surface area contributed by atoms with Gasteiger partial charge in [0.1, 0.15) is 12.2 Å². The summed E-state index contributed by atoms with van der Waals surface area (Å²) in [4.78, 5) is 24.0. The first-order chi connectivity index (χ1) is 18.1. The van der Waals surface area contributed by atoms with E-state index in [4.69, 9.17) is 18.9 Å². The molecule has 0 unspecified atom stereocenters. The molecule has 2 aromatic carbocycles. The van der Waals surface area contributed by atoms with Crippen LogP contribution in [0, 0.1) is 0 Å². The number of hydrogen-bond acceptors (Lipinski definition) is 8. The molecule has 0 radical (unpaired) electrons. The van der Waals surface area contributed by atoms with Crippen LogP contribution >= 0.6 is 0 Å². The van der Waals surface area contributed by atoms with Crippen molar-refractivity contribution in [2.45, 2.75) is 76.2 Å². The van der Waals surface area contributed by atoms with Gasteiger partial charge in [0.15, 0.2) is 12.4 Å². The molecule has 4 atom stereocenters. The standard InChI is InChI=1S/C29H38O8/c1-33-25(31)18-12-4-2-3-5-13-19-34-29-27(37-28(32)23-16-10-7-11-17-23)26(24(20-30)36-29)35-21-22-14-8-6-9-15-22/h6-11,14-17,24,26-27,29-30H,2-5,12-13,18-21H2,1H3/t24-,26-,27+,29+/m1/s1. The smallest absolute Gasteiger partial charge is 0.338 e. The van der Waals surface area contributed by atoms with E-state index in [1.54, 1.807) is 24.3 Å². The summed E-state index contributed by atoms with van der Waals surface area (Å²) in [5, 5.41) is 9.95. The average molecular weight is 515 g/mol. The number of aliphatic hydroxyl groups is 1. The van der Waals surface area contributed by atoms with E-state index in [2.05, 4.69) is 4.74 Å². The van der Waals surface area contributed by atoms with Crippen LogP contribution in [0.3, 0.4) is 0 Å². The van der Waals surface area contributed by atoms with E-state index in [0.717, 1.165) is 44.1 Å². The Bertz CT molecular complexity index is 920. The minimum atomic E-state index is -0.842. The van der Waals surface area contributed by atoms with E-state index in [1.165, 1.54) is 7.11 Å². The third-order valence-electron chi connectivity index (χ3n) is 6.27. The first-order valence-electron chi connectivity index (χ1n) is 13.0. The zero-order valence-corrected chi connectivity index (χ0v) is 21.5. The first-order valence-corrected chi connectivity index (χ1v) is 13.0. The molecule has 1 aliphatic rings. The fourth-order valence-corrected chi connectivity index (χ4v) is 4.21. The Morgan fingerprint density at radius 1 is 0.838 bits per heavy atom. The number of carbonyl (C=O) groups is 2. The molecule has 0 saturated carbocycles. The second-order valence-corrected chi connectivity index (χ2v) is 9.04. The summed E-state index contributed by atoms with van der Waals surface area (Å²) in [5.74, 6) is -0.665. The van der Waals surface area contributed by atoms with Crippen molar-refractivity contribution in [2.75, 3.05) is 20.3 Å². The summed E-state index contributed by atoms with van der Waals surface area (Å²) in [5.41, 5.74) is 1.38. The fraction of sp³-hybridized carbons (Fsp3) is 0.517. The summed E-state index contributed by atoms with van der Waals surface area (Å²) in [6, 6.07) is 18.4. The van der Waals surface area contributed by atoms with Crippen molar-refractivity contribution in [1.82, 2.24) is 0 Å². The van der Waals surface area contributed by atoms with Crippen molar-refractivity contribution >= 4 is 11.9 Å². The van der Waals surface area contributed by atoms with E-state index in [1.807, 2.05) is 36.4 Å². The molecule has 0 bridgehead atoms. The predicted octanol–water partition coefficient (Wildman–Crippen LogP) is 4.43. The molecule has 2 aromatic rings. The van der Waals surface area contributed by atoms with Crippen LogP contribution < -0.4 is 0 Å². The topological polar surface area (TPSA) is 101 Å². The van der Waals surface area contributed by atoms with Crippen LogP contribution in [0.25, 0.3) is 0 Å². The number of unbranched alkanes of at least 4 members (excludes halogenated alkanes) is 5. The van der Waals surface area contributed by atoms with Crippen molar-refractivity contribution in [1.29, 1.82) is 0 Å². The van der Waals surface area contributed by atoms with Crippen molar-refractivity contribution < 1.29 is 38.4 Å². The fourth-order valence-electron chi connectivity index (χ4n) is 4.21. The molecule has 1 N–H and O–H groups in total. The number of aliphatic hydroxyl groups excluding tert-OH is 1. The molecule has 3 rings (SSSR count). The van der Waals surface area contributed by atoms with Gasteiger partial charge >= 0.3 is 11.9 Å². The van der Waals surface area contributed by atoms with Gasteiger partial charge < -0.3 is 28.8 Å². The Morgan fingerprint density at radius 2 is 1.49 bits per heavy atom. The van der Waals surface area contributed by atoms with E-state index >= 15 is 0 Å². The second kappa shape index (κ2) is 16.1. The van der Waals surface area contributed by atoms with Crippen molar-refractivity contribution in [3.05, 3.63) is 71.8 Å². The van der Waals surface area contributed by atoms with E-state index in [-0.39, 0.29) is 19.2 Å². The van der Waals surface area contributed by atoms with Gasteiger partial charge in [-0.05, 0) is 30.5 Å². The summed E-state index contributed by atoms with van der Waals surface area (Å²) in [6.07, 6.45) is 3.10. The van der Waals surface area contributed by atoms with Crippen molar-refractivity contribution in [2.24, 2.45) is 0 Å². The SMILES string of the molecule is COC(=O)CCCCCCCCO[C@H]1O[C@H](CO)[C@@H](OCc2ccccc2)[C@@H]1OC(=O)c1ccccc1. The molecule has 8 nitrogen and oxygen atoms in total. The molecule has 0 aromatic heterocycles. The number of ether oxygens (including phenoxy) is 5. The number of rotatable bonds is 16. The Morgan fingerprint density at radius 3 is 2.16 bits per heavy atom. The molecule has 8 heteroatoms. The van der Waals surface area contributed by atoms with Gasteiger partial charge in [0.05, 0.1) is 25.9 Å². The van der Waals surface area contributed by atoms with Crippen LogP contribution in [-0.4, -0.2) is 62.0 Å². The maximum absolute atomic E-state index is 12.8. The second-order valence-electron chi connectivity index (χ2n) is 9.04. The molecule has 1 saturated heterocycles. The van der Waals surface area contributed by atoms with Gasteiger partial charge in [-0.25, -0.2) is 4.79 Å². The van der Waals surface area contributed by atoms with Gasteiger partial charge in [0, 0.05) is 13.0 Å². The summed E-state index contributed by atoms with van der Waals surface area (Å²) in [7, 11) is 1.41. The number of esters is 2. The zero-order chi connectivity index (χ0) is 26.3. The normalized spacial score (nSPS) is 21.0. The lowest BCUT2D eigenvalue weighted by atomic mass is 10.1. The highest BCUT2D eigenvalue weighted by molar-refractivity contribution is 5.89. The third-order valence-corrected chi connectivity index (χ3v) is 6.27. The molecule has 0 spiro atoms. The minimum absolute atomic E-state index is 0.167. The Balaban J connectivity index is 1.52. The van der Waals surface area contributed by atoms with Gasteiger partial charge in [-0.2, -0.15) is 0 Å². The highest BCUT2D eigenvalue weighted by Gasteiger charge is 2.48. The van der Waals surface area contributed by atoms with Gasteiger partial charge in [0.25, 0.3) is 0 Å². The van der Waals surface area contributed by atoms with Gasteiger partial charge in [-0.1, -0.05) is 74.2 Å². The summed E-state index contributed by atoms with van der Waals surface area (Å²) >= 11 is 0. The Hall–Kier alpha value is -2.78. The lowest BCUT2D eigenvalue weighted by Gasteiger charge is -2.24. The number of carbonyl (C=O) groups excluding carboxylic acids is 2. The van der Waals surface area contributed by atoms with Crippen LogP contribution in [-0.2, 0) is 35.1 Å². The van der Waals surface area contributed by atoms with Crippen molar-refractivity contribution in [3.8, 4) is 0 Å². The lowest BCUT2D eigenvalue weighted by molar-refractivity contribution is -0.170. The monoisotopic (exact) mass is 514 g/mol. The van der Waals surface area contributed by atoms with Crippen LogP contribution in [0.15, 0.2) is 60.7 Å². The molecule has 1 aliphatic heterocycles. The number of benzene rings is 2. The lowest BCUT2D eigenvalue weighted by Crippen LogP contribution is -2.40. The molecular formula is C29H38O8. The highest BCUT2D eigenvalue weighted by atomic mass is 16.7. The summed E-state index contributed by atoms with van der Waals surface area (Å²) in [6.45, 7) is 0.424. The molecule has 1 heterocycles. The van der Waals surface area contributed by atoms with Gasteiger partial charge in [-0.3, -0.25) is 4.79 Å². The van der Waals surface area contributed by atoms with Crippen LogP contribution in [0.1, 0.15) is 60.9 Å². The molecular weight excluding hydrogens is 476 g/mol. The average Bonchev–Trinajstić information content (AvgIpc) is 3.27. The molecule has 202 valence electrons. The molecule has 0 amide bonds. The van der Waals surface area contributed by atoms with Gasteiger partial charge in [-0.15, -0.1) is 0 Å². The predicted molar refractivity (Wildman–Crippen MR) is 137 cm³/mol. The zero-order valence-electron chi connectivity index (χ0n) is 21.5. The maximum Gasteiger partial charge on any atom is 0.338 e. The van der Waals surface area contributed by atoms with E-state index in [9.17, 15) is 14.7 Å². The van der Waals surface area contributed by atoms with E-state index in [0.29, 0.717) is 18.6 Å². The van der Waals surface area contributed by atoms with Crippen molar-refractivity contribution in [3.63, 3.8) is 0 Å². The molecule has 0 aliphatic carbocycles. The number of hydrogen-bond donors (Lipinski definition) is 1.